The van der Waals surface area contributed by atoms with Gasteiger partial charge in [0.2, 0.25) is 0 Å². The molecule has 5 aliphatic rings. The highest BCUT2D eigenvalue weighted by atomic mass is 16.6. The van der Waals surface area contributed by atoms with Crippen LogP contribution in [0.5, 0.6) is 0 Å². The van der Waals surface area contributed by atoms with Gasteiger partial charge in [0.05, 0.1) is 26.1 Å². The summed E-state index contributed by atoms with van der Waals surface area (Å²) in [5, 5.41) is 0. The molecular weight excluding hydrogens is 612 g/mol. The summed E-state index contributed by atoms with van der Waals surface area (Å²) in [4.78, 5) is 59.6. The standard InChI is InChI=1S/C38H46N2O8/c1-39-23-15-17-25(39)31(35(41)45-3)27(19-23)47-37(43)33-29(21-11-7-5-8-12-21)34(30(33)22-13-9-6-10-14-22)38(44)48-28-20-24-16-18-26(40(24)2)32(28)36(42)46-4/h5-14,23-34H,15-20H2,1-4H3/t23-,24-,25+,26+,27+,28?,29?,30?,31+,32+,33?,34?/m1/s1. The average molecular weight is 659 g/mol. The molecule has 48 heavy (non-hydrogen) atoms. The van der Waals surface area contributed by atoms with Crippen LogP contribution in [0, 0.1) is 23.7 Å². The fourth-order valence-corrected chi connectivity index (χ4v) is 9.94. The van der Waals surface area contributed by atoms with Crippen molar-refractivity contribution in [2.24, 2.45) is 23.7 Å². The van der Waals surface area contributed by atoms with Crippen LogP contribution in [-0.2, 0) is 38.1 Å². The number of fused-ring (bicyclic) bond motifs is 4. The van der Waals surface area contributed by atoms with Gasteiger partial charge >= 0.3 is 23.9 Å². The number of piperidine rings is 2. The Bertz CT molecular complexity index is 1400. The Morgan fingerprint density at radius 2 is 0.917 bits per heavy atom. The lowest BCUT2D eigenvalue weighted by molar-refractivity contribution is -0.184. The lowest BCUT2D eigenvalue weighted by Gasteiger charge is -2.51. The van der Waals surface area contributed by atoms with Gasteiger partial charge in [-0.05, 0) is 50.9 Å². The third kappa shape index (κ3) is 5.50. The summed E-state index contributed by atoms with van der Waals surface area (Å²) in [5.41, 5.74) is 1.68. The van der Waals surface area contributed by atoms with E-state index in [4.69, 9.17) is 18.9 Å². The largest absolute Gasteiger partial charge is 0.469 e. The summed E-state index contributed by atoms with van der Waals surface area (Å²) in [5.74, 6) is -5.15. The molecule has 7 rings (SSSR count). The summed E-state index contributed by atoms with van der Waals surface area (Å²) in [6, 6.07) is 19.5. The van der Waals surface area contributed by atoms with Crippen molar-refractivity contribution < 1.29 is 38.1 Å². The van der Waals surface area contributed by atoms with Crippen molar-refractivity contribution in [3.63, 3.8) is 0 Å². The number of hydrogen-bond donors (Lipinski definition) is 0. The van der Waals surface area contributed by atoms with Gasteiger partial charge in [0.25, 0.3) is 0 Å². The van der Waals surface area contributed by atoms with E-state index in [1.807, 2.05) is 74.8 Å². The van der Waals surface area contributed by atoms with Gasteiger partial charge in [-0.2, -0.15) is 0 Å². The molecule has 2 aromatic carbocycles. The molecule has 0 aromatic heterocycles. The summed E-state index contributed by atoms with van der Waals surface area (Å²) in [6.07, 6.45) is 3.43. The van der Waals surface area contributed by atoms with Gasteiger partial charge in [-0.25, -0.2) is 0 Å². The van der Waals surface area contributed by atoms with Crippen molar-refractivity contribution >= 4 is 23.9 Å². The van der Waals surface area contributed by atoms with Crippen molar-refractivity contribution in [3.05, 3.63) is 71.8 Å². The number of benzene rings is 2. The average Bonchev–Trinajstić information content (AvgIpc) is 3.45. The number of ether oxygens (including phenoxy) is 4. The molecular formula is C38H46N2O8. The molecule has 0 radical (unpaired) electrons. The molecule has 10 nitrogen and oxygen atoms in total. The fraction of sp³-hybridized carbons (Fsp3) is 0.579. The van der Waals surface area contributed by atoms with E-state index in [0.717, 1.165) is 36.8 Å². The second kappa shape index (κ2) is 13.3. The van der Waals surface area contributed by atoms with Crippen LogP contribution in [0.3, 0.4) is 0 Å². The molecule has 1 saturated carbocycles. The first-order chi connectivity index (χ1) is 23.2. The van der Waals surface area contributed by atoms with Gasteiger partial charge in [0.1, 0.15) is 24.0 Å². The minimum Gasteiger partial charge on any atom is -0.469 e. The highest BCUT2D eigenvalue weighted by Gasteiger charge is 2.62. The fourth-order valence-electron chi connectivity index (χ4n) is 9.94. The number of hydrogen-bond acceptors (Lipinski definition) is 10. The molecule has 4 bridgehead atoms. The Balaban J connectivity index is 1.21. The van der Waals surface area contributed by atoms with E-state index < -0.39 is 59.7 Å². The number of nitrogens with zero attached hydrogens (tertiary/aromatic N) is 2. The van der Waals surface area contributed by atoms with Gasteiger partial charge in [-0.15, -0.1) is 0 Å². The third-order valence-electron chi connectivity index (χ3n) is 12.4. The second-order valence-electron chi connectivity index (χ2n) is 14.4. The molecule has 4 saturated heterocycles. The van der Waals surface area contributed by atoms with Crippen LogP contribution in [0.15, 0.2) is 60.7 Å². The van der Waals surface area contributed by atoms with Crippen molar-refractivity contribution in [1.82, 2.24) is 9.80 Å². The SMILES string of the molecule is COC(=O)[C@@H]1[C@@H](OC(=O)C2C(c3ccccc3)C(C(=O)OC3C[C@H]4CC[C@@H]([C@@H]3C(=O)OC)N4C)C2c2ccccc2)C[C@H]2CC[C@@H]1N2C. The molecule has 2 aromatic rings. The smallest absolute Gasteiger partial charge is 0.314 e. The molecule has 0 amide bonds. The van der Waals surface area contributed by atoms with Crippen molar-refractivity contribution in [2.45, 2.75) is 86.7 Å². The molecule has 256 valence electrons. The first kappa shape index (κ1) is 32.8. The highest BCUT2D eigenvalue weighted by molar-refractivity contribution is 5.86. The maximum absolute atomic E-state index is 14.5. The normalized spacial score (nSPS) is 37.2. The maximum Gasteiger partial charge on any atom is 0.314 e. The summed E-state index contributed by atoms with van der Waals surface area (Å²) >= 11 is 0. The Labute approximate surface area is 282 Å². The zero-order chi connectivity index (χ0) is 33.7. The summed E-state index contributed by atoms with van der Waals surface area (Å²) in [6.45, 7) is 0. The lowest BCUT2D eigenvalue weighted by atomic mass is 9.52. The van der Waals surface area contributed by atoms with Gasteiger partial charge in [-0.3, -0.25) is 29.0 Å². The number of rotatable bonds is 8. The van der Waals surface area contributed by atoms with E-state index >= 15 is 0 Å². The zero-order valence-electron chi connectivity index (χ0n) is 28.1. The number of carbonyl (C=O) groups is 4. The zero-order valence-corrected chi connectivity index (χ0v) is 28.1. The van der Waals surface area contributed by atoms with Crippen LogP contribution in [0.25, 0.3) is 0 Å². The molecule has 4 aliphatic heterocycles. The number of esters is 4. The van der Waals surface area contributed by atoms with Crippen molar-refractivity contribution in [2.75, 3.05) is 28.3 Å². The van der Waals surface area contributed by atoms with E-state index in [1.165, 1.54) is 14.2 Å². The summed E-state index contributed by atoms with van der Waals surface area (Å²) in [7, 11) is 6.80. The highest BCUT2D eigenvalue weighted by Crippen LogP contribution is 2.59. The summed E-state index contributed by atoms with van der Waals surface area (Å²) < 4.78 is 23.2. The minimum atomic E-state index is -0.687. The predicted octanol–water partition coefficient (Wildman–Crippen LogP) is 3.94. The first-order valence-electron chi connectivity index (χ1n) is 17.3. The maximum atomic E-state index is 14.5. The van der Waals surface area contributed by atoms with E-state index in [1.54, 1.807) is 0 Å². The Morgan fingerprint density at radius 3 is 1.27 bits per heavy atom. The Kier molecular flexibility index (Phi) is 9.06. The van der Waals surface area contributed by atoms with Crippen LogP contribution >= 0.6 is 0 Å². The first-order valence-corrected chi connectivity index (χ1v) is 17.3. The monoisotopic (exact) mass is 658 g/mol. The predicted molar refractivity (Wildman–Crippen MR) is 174 cm³/mol. The minimum absolute atomic E-state index is 0.0551. The van der Waals surface area contributed by atoms with Gasteiger partial charge < -0.3 is 18.9 Å². The van der Waals surface area contributed by atoms with Gasteiger partial charge in [0, 0.05) is 48.8 Å². The Morgan fingerprint density at radius 1 is 0.542 bits per heavy atom. The van der Waals surface area contributed by atoms with E-state index in [-0.39, 0.29) is 36.1 Å². The van der Waals surface area contributed by atoms with Crippen LogP contribution in [-0.4, -0.2) is 98.4 Å². The quantitative estimate of drug-likeness (QED) is 0.306. The topological polar surface area (TPSA) is 112 Å². The molecule has 5 fully saturated rings. The van der Waals surface area contributed by atoms with Crippen LogP contribution in [0.1, 0.15) is 61.5 Å². The Hall–Kier alpha value is -3.76. The molecule has 4 heterocycles. The van der Waals surface area contributed by atoms with Crippen LogP contribution < -0.4 is 0 Å². The van der Waals surface area contributed by atoms with Crippen molar-refractivity contribution in [1.29, 1.82) is 0 Å². The second-order valence-corrected chi connectivity index (χ2v) is 14.4. The lowest BCUT2D eigenvalue weighted by Crippen LogP contribution is -2.57. The van der Waals surface area contributed by atoms with Crippen LogP contribution in [0.4, 0.5) is 0 Å². The number of methoxy groups -OCH3 is 2. The van der Waals surface area contributed by atoms with Crippen molar-refractivity contribution in [3.8, 4) is 0 Å². The van der Waals surface area contributed by atoms with E-state index in [2.05, 4.69) is 9.80 Å². The molecule has 10 atom stereocenters. The molecule has 0 spiro atoms. The molecule has 1 aliphatic carbocycles. The van der Waals surface area contributed by atoms with Gasteiger partial charge in [0.15, 0.2) is 0 Å². The molecule has 10 heteroatoms. The van der Waals surface area contributed by atoms with Crippen LogP contribution in [0.2, 0.25) is 0 Å². The third-order valence-corrected chi connectivity index (χ3v) is 12.4. The molecule has 3 unspecified atom stereocenters. The van der Waals surface area contributed by atoms with E-state index in [0.29, 0.717) is 12.8 Å². The number of carbonyl (C=O) groups excluding carboxylic acids is 4. The van der Waals surface area contributed by atoms with E-state index in [9.17, 15) is 19.2 Å². The molecule has 0 N–H and O–H groups in total. The van der Waals surface area contributed by atoms with Gasteiger partial charge in [-0.1, -0.05) is 60.7 Å².